The quantitative estimate of drug-likeness (QED) is 0.0829. The second kappa shape index (κ2) is 12.9. The summed E-state index contributed by atoms with van der Waals surface area (Å²) in [5, 5.41) is 54.6. The second-order valence-corrected chi connectivity index (χ2v) is 9.41. The van der Waals surface area contributed by atoms with Crippen molar-refractivity contribution in [3.63, 3.8) is 0 Å². The molecule has 0 saturated heterocycles. The molecule has 16 nitrogen and oxygen atoms in total. The van der Waals surface area contributed by atoms with Gasteiger partial charge in [0.15, 0.2) is 0 Å². The summed E-state index contributed by atoms with van der Waals surface area (Å²) in [5.41, 5.74) is -0.465. The predicted octanol–water partition coefficient (Wildman–Crippen LogP) is 2.16. The van der Waals surface area contributed by atoms with Crippen LogP contribution in [0, 0.1) is 20.2 Å². The molecule has 2 aromatic rings. The largest absolute Gasteiger partial charge is 0.434 e. The number of rotatable bonds is 16. The number of aryl methyl sites for hydroxylation is 2. The molecule has 2 rings (SSSR count). The van der Waals surface area contributed by atoms with Crippen LogP contribution < -0.4 is 10.6 Å². The van der Waals surface area contributed by atoms with Gasteiger partial charge in [-0.25, -0.2) is 9.13 Å². The van der Waals surface area contributed by atoms with Gasteiger partial charge in [0.1, 0.15) is 24.8 Å². The molecule has 0 bridgehead atoms. The average Bonchev–Trinajstić information content (AvgIpc) is 3.49. The number of hydrogen-bond donors (Lipinski definition) is 4. The first-order valence-electron chi connectivity index (χ1n) is 11.7. The standard InChI is InChI=1S/C21H34N10O6/c1-20(2,16(26-32)6-12-28-14-10-22-18(28)30(34)35)24-8-5-9-25-21(3,4)17(27-33)7-13-29-15-11-23-19(29)31(36)37/h10-11,14-15,24-25,32-33H,5-9,12-13H2,1-4H3/b26-16+,27-17+. The van der Waals surface area contributed by atoms with Crippen LogP contribution in [0.5, 0.6) is 0 Å². The van der Waals surface area contributed by atoms with Crippen molar-refractivity contribution in [2.75, 3.05) is 13.1 Å². The van der Waals surface area contributed by atoms with Gasteiger partial charge >= 0.3 is 11.9 Å². The molecule has 0 atom stereocenters. The van der Waals surface area contributed by atoms with E-state index in [1.807, 2.05) is 27.7 Å². The fraction of sp³-hybridized carbons (Fsp3) is 0.619. The van der Waals surface area contributed by atoms with Crippen molar-refractivity contribution in [1.82, 2.24) is 29.7 Å². The lowest BCUT2D eigenvalue weighted by atomic mass is 9.94. The van der Waals surface area contributed by atoms with Crippen LogP contribution in [0.4, 0.5) is 11.9 Å². The molecule has 16 heteroatoms. The number of nitrogens with one attached hydrogen (secondary N) is 2. The molecule has 0 aromatic carbocycles. The van der Waals surface area contributed by atoms with Gasteiger partial charge in [-0.05, 0) is 57.1 Å². The van der Waals surface area contributed by atoms with Gasteiger partial charge in [-0.2, -0.15) is 0 Å². The van der Waals surface area contributed by atoms with Crippen LogP contribution in [-0.4, -0.2) is 75.0 Å². The Kier molecular flexibility index (Phi) is 10.2. The maximum atomic E-state index is 11.0. The highest BCUT2D eigenvalue weighted by atomic mass is 16.6. The Bertz CT molecular complexity index is 1030. The number of hydrogen-bond acceptors (Lipinski definition) is 12. The zero-order valence-corrected chi connectivity index (χ0v) is 21.4. The van der Waals surface area contributed by atoms with Gasteiger partial charge in [-0.1, -0.05) is 20.3 Å². The van der Waals surface area contributed by atoms with E-state index in [2.05, 4.69) is 30.9 Å². The van der Waals surface area contributed by atoms with Crippen molar-refractivity contribution in [2.24, 2.45) is 10.3 Å². The molecule has 4 N–H and O–H groups in total. The van der Waals surface area contributed by atoms with E-state index in [1.54, 1.807) is 0 Å². The molecular formula is C21H34N10O6. The summed E-state index contributed by atoms with van der Waals surface area (Å²) in [6, 6.07) is 0. The molecule has 0 radical (unpaired) electrons. The smallest absolute Gasteiger partial charge is 0.411 e. The van der Waals surface area contributed by atoms with E-state index < -0.39 is 20.9 Å². The van der Waals surface area contributed by atoms with Crippen molar-refractivity contribution >= 4 is 23.3 Å². The van der Waals surface area contributed by atoms with Crippen molar-refractivity contribution in [2.45, 2.75) is 71.1 Å². The van der Waals surface area contributed by atoms with Crippen molar-refractivity contribution in [3.05, 3.63) is 45.0 Å². The van der Waals surface area contributed by atoms with Gasteiger partial charge in [0.2, 0.25) is 0 Å². The zero-order valence-electron chi connectivity index (χ0n) is 21.4. The van der Waals surface area contributed by atoms with Gasteiger partial charge in [-0.15, -0.1) is 0 Å². The summed E-state index contributed by atoms with van der Waals surface area (Å²) < 4.78 is 2.77. The Morgan fingerprint density at radius 1 is 0.865 bits per heavy atom. The number of aromatic nitrogens is 4. The molecule has 2 aromatic heterocycles. The normalized spacial score (nSPS) is 13.2. The Morgan fingerprint density at radius 3 is 1.57 bits per heavy atom. The summed E-state index contributed by atoms with van der Waals surface area (Å²) in [6.07, 6.45) is 6.95. The lowest BCUT2D eigenvalue weighted by molar-refractivity contribution is -0.396. The van der Waals surface area contributed by atoms with E-state index in [-0.39, 0.29) is 37.8 Å². The second-order valence-electron chi connectivity index (χ2n) is 9.41. The van der Waals surface area contributed by atoms with Crippen LogP contribution in [0.2, 0.25) is 0 Å². The van der Waals surface area contributed by atoms with Crippen LogP contribution in [0.3, 0.4) is 0 Å². The highest BCUT2D eigenvalue weighted by Gasteiger charge is 2.28. The predicted molar refractivity (Wildman–Crippen MR) is 134 cm³/mol. The van der Waals surface area contributed by atoms with E-state index in [0.29, 0.717) is 30.9 Å². The Labute approximate surface area is 213 Å². The van der Waals surface area contributed by atoms with E-state index in [0.717, 1.165) is 0 Å². The summed E-state index contributed by atoms with van der Waals surface area (Å²) in [4.78, 5) is 28.3. The van der Waals surface area contributed by atoms with Crippen LogP contribution >= 0.6 is 0 Å². The highest BCUT2D eigenvalue weighted by Crippen LogP contribution is 2.15. The minimum atomic E-state index is -0.670. The van der Waals surface area contributed by atoms with Gasteiger partial charge in [-0.3, -0.25) is 0 Å². The number of oxime groups is 2. The monoisotopic (exact) mass is 522 g/mol. The molecule has 0 aliphatic carbocycles. The van der Waals surface area contributed by atoms with E-state index in [9.17, 15) is 30.6 Å². The van der Waals surface area contributed by atoms with Gasteiger partial charge < -0.3 is 41.3 Å². The Morgan fingerprint density at radius 2 is 1.24 bits per heavy atom. The highest BCUT2D eigenvalue weighted by molar-refractivity contribution is 5.92. The fourth-order valence-electron chi connectivity index (χ4n) is 3.82. The van der Waals surface area contributed by atoms with Crippen LogP contribution in [-0.2, 0) is 13.1 Å². The first-order chi connectivity index (χ1) is 17.4. The molecule has 0 fully saturated rings. The number of imidazole rings is 2. The lowest BCUT2D eigenvalue weighted by Gasteiger charge is -2.29. The molecule has 0 aliphatic heterocycles. The van der Waals surface area contributed by atoms with Crippen molar-refractivity contribution in [3.8, 4) is 0 Å². The summed E-state index contributed by atoms with van der Waals surface area (Å²) in [5.74, 6) is -0.545. The van der Waals surface area contributed by atoms with E-state index in [1.165, 1.54) is 33.9 Å². The SMILES string of the molecule is CC(C)(NCCCNC(C)(C)/C(CCn1ccnc1[N+](=O)[O-])=N/O)/C(CCn1ccnc1[N+](=O)[O-])=N/O. The molecule has 2 heterocycles. The molecule has 0 saturated carbocycles. The molecule has 0 aliphatic rings. The maximum Gasteiger partial charge on any atom is 0.434 e. The molecule has 0 amide bonds. The lowest BCUT2D eigenvalue weighted by Crippen LogP contribution is -2.50. The first kappa shape index (κ1) is 29.3. The third-order valence-corrected chi connectivity index (χ3v) is 6.06. The minimum absolute atomic E-state index is 0.238. The van der Waals surface area contributed by atoms with E-state index in [4.69, 9.17) is 0 Å². The van der Waals surface area contributed by atoms with Gasteiger partial charge in [0.05, 0.1) is 35.6 Å². The average molecular weight is 523 g/mol. The zero-order chi connectivity index (χ0) is 27.6. The van der Waals surface area contributed by atoms with Crippen LogP contribution in [0.1, 0.15) is 47.0 Å². The van der Waals surface area contributed by atoms with Gasteiger partial charge in [0.25, 0.3) is 0 Å². The third kappa shape index (κ3) is 8.04. The molecule has 204 valence electrons. The summed E-state index contributed by atoms with van der Waals surface area (Å²) in [6.45, 7) is 9.02. The van der Waals surface area contributed by atoms with E-state index >= 15 is 0 Å². The minimum Gasteiger partial charge on any atom is -0.411 e. The maximum absolute atomic E-state index is 11.0. The van der Waals surface area contributed by atoms with Crippen LogP contribution in [0.15, 0.2) is 35.1 Å². The Hall–Kier alpha value is -3.92. The van der Waals surface area contributed by atoms with Crippen LogP contribution in [0.25, 0.3) is 0 Å². The third-order valence-electron chi connectivity index (χ3n) is 6.06. The summed E-state index contributed by atoms with van der Waals surface area (Å²) >= 11 is 0. The van der Waals surface area contributed by atoms with Crippen molar-refractivity contribution in [1.29, 1.82) is 0 Å². The van der Waals surface area contributed by atoms with Gasteiger partial charge in [0, 0.05) is 12.8 Å². The molecule has 0 spiro atoms. The van der Waals surface area contributed by atoms with Crippen molar-refractivity contribution < 1.29 is 20.3 Å². The molecule has 0 unspecified atom stereocenters. The fourth-order valence-corrected chi connectivity index (χ4v) is 3.82. The molecule has 37 heavy (non-hydrogen) atoms. The first-order valence-corrected chi connectivity index (χ1v) is 11.7. The Balaban J connectivity index is 1.81. The number of nitrogens with zero attached hydrogens (tertiary/aromatic N) is 8. The molecular weight excluding hydrogens is 488 g/mol. The number of nitro groups is 2. The summed E-state index contributed by atoms with van der Waals surface area (Å²) in [7, 11) is 0. The topological polar surface area (TPSA) is 211 Å².